The van der Waals surface area contributed by atoms with Gasteiger partial charge < -0.3 is 4.90 Å². The number of rotatable bonds is 4. The van der Waals surface area contributed by atoms with Crippen LogP contribution in [0.1, 0.15) is 24.3 Å². The van der Waals surface area contributed by atoms with Crippen molar-refractivity contribution < 1.29 is 17.6 Å². The molecule has 0 atom stereocenters. The number of halogens is 1. The van der Waals surface area contributed by atoms with E-state index in [4.69, 9.17) is 0 Å². The largest absolute Gasteiger partial charge is 0.305 e. The van der Waals surface area contributed by atoms with Crippen LogP contribution in [0.4, 0.5) is 10.1 Å². The van der Waals surface area contributed by atoms with Crippen LogP contribution in [-0.2, 0) is 9.84 Å². The molecule has 0 radical (unpaired) electrons. The number of hydrogen-bond donors (Lipinski definition) is 0. The topological polar surface area (TPSA) is 80.2 Å². The van der Waals surface area contributed by atoms with Gasteiger partial charge in [0.25, 0.3) is 5.91 Å². The molecule has 2 rings (SSSR count). The van der Waals surface area contributed by atoms with Gasteiger partial charge in [-0.1, -0.05) is 0 Å². The highest BCUT2D eigenvalue weighted by molar-refractivity contribution is 7.90. The van der Waals surface area contributed by atoms with Crippen molar-refractivity contribution in [2.45, 2.75) is 25.0 Å². The minimum atomic E-state index is -3.62. The van der Waals surface area contributed by atoms with E-state index < -0.39 is 26.7 Å². The van der Waals surface area contributed by atoms with Crippen LogP contribution in [0, 0.1) is 5.82 Å². The van der Waals surface area contributed by atoms with Gasteiger partial charge in [0.05, 0.1) is 0 Å². The molecule has 122 valence electrons. The van der Waals surface area contributed by atoms with E-state index in [0.717, 1.165) is 6.26 Å². The van der Waals surface area contributed by atoms with Crippen LogP contribution < -0.4 is 4.90 Å². The number of aromatic nitrogens is 2. The summed E-state index contributed by atoms with van der Waals surface area (Å²) in [4.78, 5) is 21.6. The van der Waals surface area contributed by atoms with Crippen LogP contribution in [0.5, 0.6) is 0 Å². The average Bonchev–Trinajstić information content (AvgIpc) is 2.48. The molecule has 0 aliphatic carbocycles. The van der Waals surface area contributed by atoms with E-state index in [0.29, 0.717) is 5.69 Å². The molecule has 1 aromatic carbocycles. The van der Waals surface area contributed by atoms with Crippen molar-refractivity contribution in [1.29, 1.82) is 0 Å². The summed E-state index contributed by atoms with van der Waals surface area (Å²) in [6.07, 6.45) is 2.19. The first-order valence-electron chi connectivity index (χ1n) is 6.82. The second kappa shape index (κ2) is 6.41. The molecule has 23 heavy (non-hydrogen) atoms. The standard InChI is InChI=1S/C15H16FN3O3S/c1-10(2)19(12-6-4-11(16)5-7-12)14(20)13-8-9-17-15(18-13)23(3,21)22/h4-10H,1-3H3. The molecule has 6 nitrogen and oxygen atoms in total. The van der Waals surface area contributed by atoms with Gasteiger partial charge in [0.1, 0.15) is 11.5 Å². The fraction of sp³-hybridized carbons (Fsp3) is 0.267. The summed E-state index contributed by atoms with van der Waals surface area (Å²) in [5, 5.41) is -0.411. The smallest absolute Gasteiger partial charge is 0.277 e. The lowest BCUT2D eigenvalue weighted by molar-refractivity contribution is 0.0974. The Morgan fingerprint density at radius 3 is 2.30 bits per heavy atom. The van der Waals surface area contributed by atoms with Crippen molar-refractivity contribution in [2.24, 2.45) is 0 Å². The van der Waals surface area contributed by atoms with E-state index in [-0.39, 0.29) is 11.7 Å². The van der Waals surface area contributed by atoms with Crippen LogP contribution in [-0.4, -0.2) is 36.6 Å². The highest BCUT2D eigenvalue weighted by Gasteiger charge is 2.23. The molecule has 1 aromatic heterocycles. The summed E-state index contributed by atoms with van der Waals surface area (Å²) in [6.45, 7) is 3.58. The van der Waals surface area contributed by atoms with Crippen molar-refractivity contribution in [3.63, 3.8) is 0 Å². The van der Waals surface area contributed by atoms with Gasteiger partial charge in [0, 0.05) is 24.2 Å². The normalized spacial score (nSPS) is 11.5. The van der Waals surface area contributed by atoms with E-state index in [1.807, 2.05) is 0 Å². The zero-order valence-electron chi connectivity index (χ0n) is 12.9. The summed E-state index contributed by atoms with van der Waals surface area (Å²) in [7, 11) is -3.62. The molecule has 0 bridgehead atoms. The third-order valence-corrected chi connectivity index (χ3v) is 3.88. The van der Waals surface area contributed by atoms with E-state index >= 15 is 0 Å². The lowest BCUT2D eigenvalue weighted by Gasteiger charge is -2.26. The minimum absolute atomic E-state index is 0.0431. The van der Waals surface area contributed by atoms with Gasteiger partial charge >= 0.3 is 0 Å². The van der Waals surface area contributed by atoms with Crippen molar-refractivity contribution in [2.75, 3.05) is 11.2 Å². The maximum Gasteiger partial charge on any atom is 0.277 e. The molecule has 0 aliphatic heterocycles. The highest BCUT2D eigenvalue weighted by atomic mass is 32.2. The van der Waals surface area contributed by atoms with Crippen LogP contribution >= 0.6 is 0 Å². The molecule has 0 fully saturated rings. The molecule has 1 heterocycles. The Morgan fingerprint density at radius 1 is 1.17 bits per heavy atom. The number of carbonyl (C=O) groups excluding carboxylic acids is 1. The van der Waals surface area contributed by atoms with Gasteiger partial charge in [0.2, 0.25) is 15.0 Å². The number of hydrogen-bond acceptors (Lipinski definition) is 5. The van der Waals surface area contributed by atoms with Gasteiger partial charge in [-0.25, -0.2) is 22.8 Å². The molecule has 8 heteroatoms. The number of benzene rings is 1. The zero-order chi connectivity index (χ0) is 17.2. The van der Waals surface area contributed by atoms with Crippen LogP contribution in [0.3, 0.4) is 0 Å². The van der Waals surface area contributed by atoms with E-state index in [1.54, 1.807) is 13.8 Å². The molecule has 0 N–H and O–H groups in total. The van der Waals surface area contributed by atoms with Crippen LogP contribution in [0.25, 0.3) is 0 Å². The number of sulfone groups is 1. The molecule has 0 aliphatic rings. The Labute approximate surface area is 133 Å². The van der Waals surface area contributed by atoms with Gasteiger partial charge in [-0.05, 0) is 44.2 Å². The monoisotopic (exact) mass is 337 g/mol. The van der Waals surface area contributed by atoms with E-state index in [9.17, 15) is 17.6 Å². The lowest BCUT2D eigenvalue weighted by atomic mass is 10.2. The predicted molar refractivity (Wildman–Crippen MR) is 83.5 cm³/mol. The molecule has 0 saturated carbocycles. The Balaban J connectivity index is 2.45. The van der Waals surface area contributed by atoms with Crippen molar-refractivity contribution in [1.82, 2.24) is 9.97 Å². The summed E-state index contributed by atoms with van der Waals surface area (Å²) in [6, 6.07) is 6.57. The lowest BCUT2D eigenvalue weighted by Crippen LogP contribution is -2.37. The Hall–Kier alpha value is -2.35. The average molecular weight is 337 g/mol. The second-order valence-electron chi connectivity index (χ2n) is 5.24. The molecule has 0 saturated heterocycles. The van der Waals surface area contributed by atoms with Gasteiger partial charge in [-0.15, -0.1) is 0 Å². The second-order valence-corrected chi connectivity index (χ2v) is 7.15. The summed E-state index contributed by atoms with van der Waals surface area (Å²) in [5.41, 5.74) is 0.448. The van der Waals surface area contributed by atoms with Crippen LogP contribution in [0.2, 0.25) is 0 Å². The zero-order valence-corrected chi connectivity index (χ0v) is 13.7. The van der Waals surface area contributed by atoms with Gasteiger partial charge in [0.15, 0.2) is 0 Å². The highest BCUT2D eigenvalue weighted by Crippen LogP contribution is 2.20. The molecule has 0 unspecified atom stereocenters. The number of amides is 1. The summed E-state index contributed by atoms with van der Waals surface area (Å²) in [5.74, 6) is -0.898. The maximum absolute atomic E-state index is 13.1. The minimum Gasteiger partial charge on any atom is -0.305 e. The van der Waals surface area contributed by atoms with Gasteiger partial charge in [-0.2, -0.15) is 0 Å². The van der Waals surface area contributed by atoms with Crippen molar-refractivity contribution >= 4 is 21.4 Å². The molecule has 1 amide bonds. The SMILES string of the molecule is CC(C)N(C(=O)c1ccnc(S(C)(=O)=O)n1)c1ccc(F)cc1. The summed E-state index contributed by atoms with van der Waals surface area (Å²) >= 11 is 0. The molecule has 2 aromatic rings. The van der Waals surface area contributed by atoms with E-state index in [1.165, 1.54) is 41.4 Å². The Morgan fingerprint density at radius 2 is 1.78 bits per heavy atom. The number of nitrogens with zero attached hydrogens (tertiary/aromatic N) is 3. The van der Waals surface area contributed by atoms with Gasteiger partial charge in [-0.3, -0.25) is 4.79 Å². The van der Waals surface area contributed by atoms with E-state index in [2.05, 4.69) is 9.97 Å². The molecular weight excluding hydrogens is 321 g/mol. The predicted octanol–water partition coefficient (Wildman–Crippen LogP) is 2.07. The number of anilines is 1. The Kier molecular flexibility index (Phi) is 4.74. The molecule has 0 spiro atoms. The number of carbonyl (C=O) groups is 1. The maximum atomic E-state index is 13.1. The third kappa shape index (κ3) is 3.89. The van der Waals surface area contributed by atoms with Crippen LogP contribution in [0.15, 0.2) is 41.7 Å². The molecular formula is C15H16FN3O3S. The first kappa shape index (κ1) is 17.0. The first-order valence-corrected chi connectivity index (χ1v) is 8.71. The first-order chi connectivity index (χ1) is 10.7. The Bertz CT molecular complexity index is 820. The van der Waals surface area contributed by atoms with Crippen molar-refractivity contribution in [3.8, 4) is 0 Å². The van der Waals surface area contributed by atoms with Crippen molar-refractivity contribution in [3.05, 3.63) is 48.0 Å². The summed E-state index contributed by atoms with van der Waals surface area (Å²) < 4.78 is 36.1. The third-order valence-electron chi connectivity index (χ3n) is 3.02. The fourth-order valence-corrected chi connectivity index (χ4v) is 2.53. The quantitative estimate of drug-likeness (QED) is 0.798. The fourth-order valence-electron chi connectivity index (χ4n) is 2.01.